The highest BCUT2D eigenvalue weighted by atomic mass is 16.5. The molecule has 0 bridgehead atoms. The van der Waals surface area contributed by atoms with Gasteiger partial charge in [-0.15, -0.1) is 0 Å². The second kappa shape index (κ2) is 3.90. The number of amidine groups is 3. The molecule has 6 nitrogen and oxygen atoms in total. The molecular weight excluding hydrogens is 230 g/mol. The normalized spacial score (nSPS) is 20.7. The molecule has 0 saturated carbocycles. The summed E-state index contributed by atoms with van der Waals surface area (Å²) < 4.78 is 5.53. The summed E-state index contributed by atoms with van der Waals surface area (Å²) in [7, 11) is 0. The zero-order valence-corrected chi connectivity index (χ0v) is 10.5. The Balaban J connectivity index is 2.05. The van der Waals surface area contributed by atoms with Crippen LogP contribution in [-0.4, -0.2) is 34.7 Å². The number of allylic oxidation sites excluding steroid dienone is 2. The molecule has 0 aromatic heterocycles. The number of hydrogen-bond donors (Lipinski definition) is 0. The van der Waals surface area contributed by atoms with E-state index in [4.69, 9.17) is 4.74 Å². The zero-order chi connectivity index (χ0) is 12.7. The number of hydrogen-bond acceptors (Lipinski definition) is 6. The van der Waals surface area contributed by atoms with Gasteiger partial charge >= 0.3 is 6.02 Å². The largest absolute Gasteiger partial charge is 0.461 e. The van der Waals surface area contributed by atoms with E-state index in [9.17, 15) is 0 Å². The molecule has 92 valence electrons. The van der Waals surface area contributed by atoms with Gasteiger partial charge in [0.05, 0.1) is 6.10 Å². The Kier molecular flexibility index (Phi) is 2.36. The van der Waals surface area contributed by atoms with Gasteiger partial charge in [0.25, 0.3) is 0 Å². The van der Waals surface area contributed by atoms with E-state index in [1.54, 1.807) is 4.90 Å². The molecule has 0 aromatic carbocycles. The van der Waals surface area contributed by atoms with Crippen LogP contribution < -0.4 is 0 Å². The van der Waals surface area contributed by atoms with E-state index in [0.29, 0.717) is 17.8 Å². The molecule has 0 spiro atoms. The summed E-state index contributed by atoms with van der Waals surface area (Å²) in [5.41, 5.74) is 0. The van der Waals surface area contributed by atoms with Gasteiger partial charge in [0.1, 0.15) is 17.5 Å². The quantitative estimate of drug-likeness (QED) is 0.703. The van der Waals surface area contributed by atoms with E-state index < -0.39 is 0 Å². The summed E-state index contributed by atoms with van der Waals surface area (Å²) in [5.74, 6) is 2.75. The monoisotopic (exact) mass is 243 g/mol. The highest BCUT2D eigenvalue weighted by molar-refractivity contribution is 6.20. The topological polar surface area (TPSA) is 61.9 Å². The minimum Gasteiger partial charge on any atom is -0.461 e. The smallest absolute Gasteiger partial charge is 0.322 e. The molecule has 0 saturated heterocycles. The second-order valence-electron chi connectivity index (χ2n) is 4.32. The molecule has 6 heteroatoms. The molecule has 0 radical (unpaired) electrons. The van der Waals surface area contributed by atoms with E-state index in [2.05, 4.69) is 20.0 Å². The molecule has 0 N–H and O–H groups in total. The minimum absolute atomic E-state index is 0.0289. The Bertz CT molecular complexity index is 577. The van der Waals surface area contributed by atoms with E-state index in [-0.39, 0.29) is 6.10 Å². The summed E-state index contributed by atoms with van der Waals surface area (Å²) in [6.45, 7) is 5.71. The number of guanidine groups is 1. The maximum Gasteiger partial charge on any atom is 0.322 e. The van der Waals surface area contributed by atoms with Gasteiger partial charge in [0, 0.05) is 0 Å². The van der Waals surface area contributed by atoms with Crippen LogP contribution in [0.15, 0.2) is 44.0 Å². The maximum absolute atomic E-state index is 5.53. The molecule has 0 aromatic rings. The molecule has 0 fully saturated rings. The third-order valence-electron chi connectivity index (χ3n) is 2.43. The van der Waals surface area contributed by atoms with Crippen molar-refractivity contribution in [1.82, 2.24) is 4.90 Å². The van der Waals surface area contributed by atoms with Crippen molar-refractivity contribution in [3.63, 3.8) is 0 Å². The Labute approximate surface area is 105 Å². The van der Waals surface area contributed by atoms with Gasteiger partial charge in [0.2, 0.25) is 5.96 Å². The summed E-state index contributed by atoms with van der Waals surface area (Å²) in [5, 5.41) is 0. The molecular formula is C12H13N5O. The van der Waals surface area contributed by atoms with Gasteiger partial charge in [-0.1, -0.05) is 6.08 Å². The van der Waals surface area contributed by atoms with E-state index >= 15 is 0 Å². The lowest BCUT2D eigenvalue weighted by Crippen LogP contribution is -2.41. The first-order valence-corrected chi connectivity index (χ1v) is 5.80. The predicted octanol–water partition coefficient (Wildman–Crippen LogP) is 1.68. The van der Waals surface area contributed by atoms with Crippen LogP contribution in [0.4, 0.5) is 0 Å². The fraction of sp³-hybridized carbons (Fsp3) is 0.333. The van der Waals surface area contributed by atoms with Crippen LogP contribution in [0.25, 0.3) is 0 Å². The zero-order valence-electron chi connectivity index (χ0n) is 10.5. The Morgan fingerprint density at radius 3 is 2.78 bits per heavy atom. The Hall–Kier alpha value is -2.24. The van der Waals surface area contributed by atoms with Crippen LogP contribution in [0.2, 0.25) is 0 Å². The third kappa shape index (κ3) is 1.75. The summed E-state index contributed by atoms with van der Waals surface area (Å²) >= 11 is 0. The van der Waals surface area contributed by atoms with E-state index in [1.807, 2.05) is 39.0 Å². The molecule has 18 heavy (non-hydrogen) atoms. The van der Waals surface area contributed by atoms with E-state index in [0.717, 1.165) is 11.7 Å². The van der Waals surface area contributed by atoms with Crippen LogP contribution in [0, 0.1) is 0 Å². The fourth-order valence-electron chi connectivity index (χ4n) is 1.80. The molecule has 3 aliphatic heterocycles. The van der Waals surface area contributed by atoms with Crippen LogP contribution >= 0.6 is 0 Å². The van der Waals surface area contributed by atoms with Crippen LogP contribution in [0.1, 0.15) is 20.8 Å². The number of ether oxygens (including phenoxy) is 1. The van der Waals surface area contributed by atoms with E-state index in [1.165, 1.54) is 0 Å². The van der Waals surface area contributed by atoms with Gasteiger partial charge in [-0.25, -0.2) is 9.89 Å². The van der Waals surface area contributed by atoms with Crippen molar-refractivity contribution in [3.8, 4) is 0 Å². The average molecular weight is 243 g/mol. The standard InChI is InChI=1S/C12H13N5O/c1-7(2)18-12-15-10-6-4-5-9-13-8(3)14-11(16-12)17(9)10/h4-7H,1-3H3. The van der Waals surface area contributed by atoms with Gasteiger partial charge in [-0.05, 0) is 32.9 Å². The highest BCUT2D eigenvalue weighted by Crippen LogP contribution is 2.22. The molecule has 0 unspecified atom stereocenters. The van der Waals surface area contributed by atoms with Crippen molar-refractivity contribution in [3.05, 3.63) is 24.0 Å². The first-order valence-electron chi connectivity index (χ1n) is 5.80. The predicted molar refractivity (Wildman–Crippen MR) is 70.7 cm³/mol. The SMILES string of the molecule is CC1=NC2=NC(OC(C)C)=NC3=CC=CC(=N1)N32. The molecule has 0 atom stereocenters. The second-order valence-corrected chi connectivity index (χ2v) is 4.32. The number of rotatable bonds is 1. The molecule has 3 aliphatic rings. The van der Waals surface area contributed by atoms with Crippen LogP contribution in [0.3, 0.4) is 0 Å². The average Bonchev–Trinajstić information content (AvgIpc) is 2.27. The van der Waals surface area contributed by atoms with Gasteiger partial charge in [0.15, 0.2) is 0 Å². The van der Waals surface area contributed by atoms with Crippen molar-refractivity contribution < 1.29 is 4.74 Å². The lowest BCUT2D eigenvalue weighted by Gasteiger charge is -2.30. The number of nitrogens with zero attached hydrogens (tertiary/aromatic N) is 5. The lowest BCUT2D eigenvalue weighted by atomic mass is 10.3. The lowest BCUT2D eigenvalue weighted by molar-refractivity contribution is 0.223. The first-order chi connectivity index (χ1) is 8.63. The first kappa shape index (κ1) is 10.9. The van der Waals surface area contributed by atoms with Crippen molar-refractivity contribution >= 4 is 23.7 Å². The summed E-state index contributed by atoms with van der Waals surface area (Å²) in [4.78, 5) is 19.1. The summed E-state index contributed by atoms with van der Waals surface area (Å²) in [6.07, 6.45) is 5.72. The third-order valence-corrected chi connectivity index (χ3v) is 2.43. The van der Waals surface area contributed by atoms with Crippen molar-refractivity contribution in [1.29, 1.82) is 0 Å². The van der Waals surface area contributed by atoms with Gasteiger partial charge in [-0.3, -0.25) is 0 Å². The van der Waals surface area contributed by atoms with Crippen LogP contribution in [-0.2, 0) is 4.74 Å². The molecule has 3 rings (SSSR count). The Morgan fingerprint density at radius 2 is 2.00 bits per heavy atom. The minimum atomic E-state index is 0.0289. The fourth-order valence-corrected chi connectivity index (χ4v) is 1.80. The summed E-state index contributed by atoms with van der Waals surface area (Å²) in [6, 6.07) is 0.343. The Morgan fingerprint density at radius 1 is 1.17 bits per heavy atom. The van der Waals surface area contributed by atoms with Gasteiger partial charge in [-0.2, -0.15) is 15.0 Å². The molecule has 0 amide bonds. The van der Waals surface area contributed by atoms with Crippen molar-refractivity contribution in [2.75, 3.05) is 0 Å². The van der Waals surface area contributed by atoms with Crippen molar-refractivity contribution in [2.24, 2.45) is 20.0 Å². The highest BCUT2D eigenvalue weighted by Gasteiger charge is 2.30. The molecule has 0 aliphatic carbocycles. The number of aliphatic imine (C=N–C) groups is 4. The molecule has 3 heterocycles. The maximum atomic E-state index is 5.53. The van der Waals surface area contributed by atoms with Crippen LogP contribution in [0.5, 0.6) is 0 Å². The van der Waals surface area contributed by atoms with Gasteiger partial charge < -0.3 is 4.74 Å². The van der Waals surface area contributed by atoms with Crippen molar-refractivity contribution in [2.45, 2.75) is 26.9 Å².